The van der Waals surface area contributed by atoms with Gasteiger partial charge in [0.2, 0.25) is 0 Å². The lowest BCUT2D eigenvalue weighted by atomic mass is 9.79. The third-order valence-corrected chi connectivity index (χ3v) is 12.4. The van der Waals surface area contributed by atoms with Gasteiger partial charge in [-0.15, -0.1) is 0 Å². The van der Waals surface area contributed by atoms with E-state index in [1.807, 2.05) is 0 Å². The van der Waals surface area contributed by atoms with Crippen molar-refractivity contribution in [2.24, 2.45) is 0 Å². The van der Waals surface area contributed by atoms with Crippen LogP contribution in [0.3, 0.4) is 0 Å². The molecule has 2 heterocycles. The van der Waals surface area contributed by atoms with E-state index in [1.165, 1.54) is 48.7 Å². The maximum absolute atomic E-state index is 13.1. The molecule has 1 N–H and O–H groups in total. The Morgan fingerprint density at radius 3 is 1.62 bits per heavy atom. The Morgan fingerprint density at radius 1 is 0.437 bits per heavy atom. The average Bonchev–Trinajstić information content (AvgIpc) is 1.37. The molecule has 10 rings (SSSR count). The fourth-order valence-corrected chi connectivity index (χ4v) is 8.91. The van der Waals surface area contributed by atoms with Crippen LogP contribution in [0.25, 0.3) is 95.0 Å². The molecular weight excluding hydrogens is 863 g/mol. The van der Waals surface area contributed by atoms with Crippen LogP contribution in [0.15, 0.2) is 194 Å². The number of rotatable bonds is 8. The molecule has 10 aromatic rings. The van der Waals surface area contributed by atoms with Gasteiger partial charge in [-0.2, -0.15) is 0 Å². The Bertz CT molecular complexity index is 4630. The van der Waals surface area contributed by atoms with E-state index >= 15 is 0 Å². The van der Waals surface area contributed by atoms with Crippen LogP contribution >= 0.6 is 0 Å². The van der Waals surface area contributed by atoms with Crippen molar-refractivity contribution in [1.82, 2.24) is 14.5 Å². The third kappa shape index (κ3) is 9.35. The topological polar surface area (TPSA) is 50.9 Å². The Morgan fingerprint density at radius 2 is 0.986 bits per heavy atom. The molecule has 0 saturated carbocycles. The number of para-hydroxylation sites is 1. The lowest BCUT2D eigenvalue weighted by molar-refractivity contribution is 0.446. The van der Waals surface area contributed by atoms with Crippen molar-refractivity contribution in [2.75, 3.05) is 0 Å². The Balaban J connectivity index is 1.35. The second-order valence-electron chi connectivity index (χ2n) is 17.5. The zero-order chi connectivity index (χ0) is 74.8. The summed E-state index contributed by atoms with van der Waals surface area (Å²) in [6.45, 7) is -39.5. The van der Waals surface area contributed by atoms with Crippen molar-refractivity contribution in [2.45, 2.75) is 84.8 Å². The van der Waals surface area contributed by atoms with Gasteiger partial charge in [0, 0.05) is 64.0 Å². The van der Waals surface area contributed by atoms with Crippen LogP contribution in [0.5, 0.6) is 5.75 Å². The highest BCUT2D eigenvalue weighted by molar-refractivity contribution is 5.98. The number of nitrogens with zero attached hydrogens (tertiary/aromatic N) is 3. The lowest BCUT2D eigenvalue weighted by Crippen LogP contribution is -2.17. The van der Waals surface area contributed by atoms with Crippen LogP contribution in [0, 0.1) is 6.85 Å². The highest BCUT2D eigenvalue weighted by Crippen LogP contribution is 2.46. The van der Waals surface area contributed by atoms with Gasteiger partial charge in [0.15, 0.2) is 0 Å². The fourth-order valence-electron chi connectivity index (χ4n) is 8.91. The number of aromatic hydroxyl groups is 1. The van der Waals surface area contributed by atoms with Crippen LogP contribution in [-0.4, -0.2) is 19.6 Å². The molecule has 0 aliphatic rings. The predicted molar refractivity (Wildman–Crippen MR) is 299 cm³/mol. The Kier molecular flexibility index (Phi) is 5.99. The second kappa shape index (κ2) is 18.2. The summed E-state index contributed by atoms with van der Waals surface area (Å²) in [6.07, 6.45) is 1.41. The summed E-state index contributed by atoms with van der Waals surface area (Å²) in [5.74, 6) is -2.34. The minimum atomic E-state index is -4.32. The van der Waals surface area contributed by atoms with Crippen LogP contribution < -0.4 is 0 Å². The van der Waals surface area contributed by atoms with Gasteiger partial charge < -0.3 is 5.11 Å². The number of imidazole rings is 1. The lowest BCUT2D eigenvalue weighted by Gasteiger charge is -2.27. The molecular formula is C67H63N3O. The van der Waals surface area contributed by atoms with E-state index in [4.69, 9.17) is 51.1 Å². The minimum absolute atomic E-state index is 0.0904. The first-order valence-corrected chi connectivity index (χ1v) is 22.4. The largest absolute Gasteiger partial charge is 0.507 e. The van der Waals surface area contributed by atoms with E-state index in [9.17, 15) is 5.11 Å². The van der Waals surface area contributed by atoms with Crippen LogP contribution in [-0.2, 0) is 16.2 Å². The van der Waals surface area contributed by atoms with E-state index in [0.29, 0.717) is 45.0 Å². The number of phenols is 1. The molecule has 0 bridgehead atoms. The SMILES string of the molecule is [2H]C([2H])([2H])c1cc(-c2ccccc2)ccc1-n1c(-c2cc(C(C([2H])([2H])[2H])(C([2H])([2H])[2H])C([2H])([2H])[2H])cc(C(C([2H])([2H])[2H])(C([2H])([2H])[2H])C([2H])([2H])[2H])c2O)nc2c(-c3cc(-c4ccccc4)cc(-c4cc(-c5cc(-c6ccccc6)cc(C(C([2H])([2H])[2H])(C([2H])([2H])[2H])C([2H])([2H])[2H])c5)ccn4)c3)cccc21. The molecule has 0 aliphatic heterocycles. The number of phenolic OH excluding ortho intramolecular Hbond substituents is 1. The molecule has 0 spiro atoms. The predicted octanol–water partition coefficient (Wildman–Crippen LogP) is 18.0. The second-order valence-corrected chi connectivity index (χ2v) is 17.5. The molecule has 352 valence electrons. The number of benzene rings is 8. The van der Waals surface area contributed by atoms with Crippen molar-refractivity contribution in [3.05, 3.63) is 217 Å². The number of aryl methyl sites for hydroxylation is 1. The van der Waals surface area contributed by atoms with Gasteiger partial charge in [-0.1, -0.05) is 189 Å². The average molecular weight is 956 g/mol. The van der Waals surface area contributed by atoms with Gasteiger partial charge in [0.1, 0.15) is 11.6 Å². The normalized spacial score (nSPS) is 20.2. The van der Waals surface area contributed by atoms with Crippen LogP contribution in [0.2, 0.25) is 0 Å². The monoisotopic (exact) mass is 956 g/mol. The highest BCUT2D eigenvalue weighted by atomic mass is 16.3. The first-order valence-electron chi connectivity index (χ1n) is 37.4. The van der Waals surface area contributed by atoms with Gasteiger partial charge >= 0.3 is 0 Å². The number of hydrogen-bond donors (Lipinski definition) is 1. The Labute approximate surface area is 462 Å². The van der Waals surface area contributed by atoms with Crippen molar-refractivity contribution >= 4 is 11.0 Å². The molecule has 4 heteroatoms. The Hall–Kier alpha value is -7.82. The molecule has 2 aromatic heterocycles. The summed E-state index contributed by atoms with van der Waals surface area (Å²) < 4.78 is 264. The molecule has 71 heavy (non-hydrogen) atoms. The molecule has 0 atom stereocenters. The van der Waals surface area contributed by atoms with Crippen molar-refractivity contribution in [3.63, 3.8) is 0 Å². The zero-order valence-electron chi connectivity index (χ0n) is 67.8. The standard InChI is InChI=1S/C67H63N3O/c1-43-33-47(44-21-14-11-15-22-44)29-30-60(43)70-61-28-20-27-56(62(61)69-64(70)57-41-55(66(5,6)7)42-58(63(57)71)67(8,9)10)52-35-49(45-23-16-12-17-24-45)36-53(37-52)59-40-48(31-32-68-59)51-34-50(46-25-18-13-19-26-46)38-54(39-51)65(2,3)4/h11-42,71H,1-10H3/i1D3,2D3,3D3,4D3,5D3,6D3,7D3,8D3,9D3,10D3. The molecule has 4 nitrogen and oxygen atoms in total. The first kappa shape index (κ1) is 23.4. The molecule has 0 fully saturated rings. The summed E-state index contributed by atoms with van der Waals surface area (Å²) in [6, 6.07) is 47.4. The van der Waals surface area contributed by atoms with Gasteiger partial charge in [-0.05, 0) is 151 Å². The zero-order valence-corrected chi connectivity index (χ0v) is 37.8. The van der Waals surface area contributed by atoms with Gasteiger partial charge in [-0.3, -0.25) is 9.55 Å². The summed E-state index contributed by atoms with van der Waals surface area (Å²) in [7, 11) is 0. The van der Waals surface area contributed by atoms with Crippen LogP contribution in [0.1, 0.15) is 125 Å². The fraction of sp³-hybridized carbons (Fsp3) is 0.194. The van der Waals surface area contributed by atoms with Gasteiger partial charge in [0.25, 0.3) is 0 Å². The maximum Gasteiger partial charge on any atom is 0.149 e. The number of fused-ring (bicyclic) bond motifs is 1. The molecule has 0 saturated heterocycles. The molecule has 0 aliphatic carbocycles. The summed E-state index contributed by atoms with van der Waals surface area (Å²) >= 11 is 0. The van der Waals surface area contributed by atoms with E-state index in [0.717, 1.165) is 4.57 Å². The van der Waals surface area contributed by atoms with E-state index in [2.05, 4.69) is 0 Å². The first-order chi connectivity index (χ1) is 46.4. The summed E-state index contributed by atoms with van der Waals surface area (Å²) in [5.41, 5.74) is -13.4. The van der Waals surface area contributed by atoms with E-state index in [1.54, 1.807) is 133 Å². The van der Waals surface area contributed by atoms with Crippen molar-refractivity contribution in [1.29, 1.82) is 0 Å². The van der Waals surface area contributed by atoms with Gasteiger partial charge in [-0.25, -0.2) is 4.98 Å². The van der Waals surface area contributed by atoms with E-state index < -0.39 is 124 Å². The minimum Gasteiger partial charge on any atom is -0.507 e. The third-order valence-electron chi connectivity index (χ3n) is 12.4. The van der Waals surface area contributed by atoms with Crippen molar-refractivity contribution < 1.29 is 46.2 Å². The molecule has 0 unspecified atom stereocenters. The highest BCUT2D eigenvalue weighted by Gasteiger charge is 2.29. The number of aromatic nitrogens is 3. The smallest absolute Gasteiger partial charge is 0.149 e. The maximum atomic E-state index is 13.1. The summed E-state index contributed by atoms with van der Waals surface area (Å²) in [5, 5.41) is 13.1. The number of hydrogen-bond acceptors (Lipinski definition) is 3. The molecule has 0 amide bonds. The quantitative estimate of drug-likeness (QED) is 0.165. The molecule has 0 radical (unpaired) electrons. The van der Waals surface area contributed by atoms with Gasteiger partial charge in [0.05, 0.1) is 28.0 Å². The molecule has 8 aromatic carbocycles. The van der Waals surface area contributed by atoms with Crippen LogP contribution in [0.4, 0.5) is 0 Å². The number of pyridine rings is 1. The van der Waals surface area contributed by atoms with E-state index in [-0.39, 0.29) is 50.7 Å². The van der Waals surface area contributed by atoms with Crippen molar-refractivity contribution in [3.8, 4) is 89.7 Å². The summed E-state index contributed by atoms with van der Waals surface area (Å²) in [4.78, 5) is 9.78.